The highest BCUT2D eigenvalue weighted by Gasteiger charge is 2.18. The summed E-state index contributed by atoms with van der Waals surface area (Å²) in [5.74, 6) is 2.81. The van der Waals surface area contributed by atoms with E-state index in [9.17, 15) is 15.0 Å². The van der Waals surface area contributed by atoms with E-state index in [1.807, 2.05) is 23.5 Å². The van der Waals surface area contributed by atoms with Crippen LogP contribution in [0.1, 0.15) is 5.56 Å². The lowest BCUT2D eigenvalue weighted by Gasteiger charge is -2.22. The van der Waals surface area contributed by atoms with Crippen LogP contribution in [0, 0.1) is 0 Å². The smallest absolute Gasteiger partial charge is 0.237 e. The molecule has 0 aromatic heterocycles. The molecule has 1 aliphatic heterocycles. The van der Waals surface area contributed by atoms with Crippen molar-refractivity contribution in [1.82, 2.24) is 5.32 Å². The van der Waals surface area contributed by atoms with Gasteiger partial charge in [0.25, 0.3) is 0 Å². The van der Waals surface area contributed by atoms with Gasteiger partial charge < -0.3 is 21.3 Å². The molecule has 2 atom stereocenters. The van der Waals surface area contributed by atoms with Crippen molar-refractivity contribution in [2.45, 2.75) is 17.7 Å². The monoisotopic (exact) mass is 328 g/mol. The van der Waals surface area contributed by atoms with Gasteiger partial charge in [0, 0.05) is 29.1 Å². The first-order chi connectivity index (χ1) is 10.1. The molecule has 1 fully saturated rings. The number of phenolic OH excluding ortho intramolecular Hbond substituents is 2. The predicted octanol–water partition coefficient (Wildman–Crippen LogP) is 0.932. The number of nitrogens with one attached hydrogen (secondary N) is 1. The molecule has 2 rings (SSSR count). The molecule has 0 spiro atoms. The van der Waals surface area contributed by atoms with Crippen LogP contribution in [0.3, 0.4) is 0 Å². The van der Waals surface area contributed by atoms with Crippen LogP contribution in [0.2, 0.25) is 0 Å². The van der Waals surface area contributed by atoms with Gasteiger partial charge in [-0.25, -0.2) is 0 Å². The van der Waals surface area contributed by atoms with Crippen LogP contribution in [-0.4, -0.2) is 51.2 Å². The number of hydrogen-bond acceptors (Lipinski definition) is 6. The Bertz CT molecular complexity index is 493. The molecular weight excluding hydrogens is 308 g/mol. The van der Waals surface area contributed by atoms with E-state index in [1.54, 1.807) is 6.07 Å². The van der Waals surface area contributed by atoms with E-state index in [0.29, 0.717) is 18.2 Å². The van der Waals surface area contributed by atoms with Crippen LogP contribution in [0.25, 0.3) is 0 Å². The van der Waals surface area contributed by atoms with Gasteiger partial charge in [0.1, 0.15) is 0 Å². The average Bonchev–Trinajstić information content (AvgIpc) is 2.49. The molecule has 21 heavy (non-hydrogen) atoms. The van der Waals surface area contributed by atoms with E-state index in [-0.39, 0.29) is 17.4 Å². The predicted molar refractivity (Wildman–Crippen MR) is 88.0 cm³/mol. The number of aromatic hydroxyl groups is 2. The molecular formula is C14H20N2O3S2. The molecule has 116 valence electrons. The third-order valence-electron chi connectivity index (χ3n) is 3.22. The van der Waals surface area contributed by atoms with Gasteiger partial charge >= 0.3 is 0 Å². The topological polar surface area (TPSA) is 95.6 Å². The summed E-state index contributed by atoms with van der Waals surface area (Å²) in [7, 11) is 0. The lowest BCUT2D eigenvalue weighted by atomic mass is 10.1. The quantitative estimate of drug-likeness (QED) is 0.601. The van der Waals surface area contributed by atoms with E-state index >= 15 is 0 Å². The minimum Gasteiger partial charge on any atom is -0.504 e. The highest BCUT2D eigenvalue weighted by atomic mass is 32.2. The number of carbonyl (C=O) groups is 1. The maximum absolute atomic E-state index is 12.0. The number of thioether (sulfide) groups is 2. The minimum atomic E-state index is -0.657. The summed E-state index contributed by atoms with van der Waals surface area (Å²) in [6.07, 6.45) is 0.326. The van der Waals surface area contributed by atoms with Crippen molar-refractivity contribution in [2.75, 3.05) is 23.8 Å². The van der Waals surface area contributed by atoms with Crippen molar-refractivity contribution in [3.05, 3.63) is 23.8 Å². The zero-order valence-electron chi connectivity index (χ0n) is 11.6. The lowest BCUT2D eigenvalue weighted by molar-refractivity contribution is -0.122. The van der Waals surface area contributed by atoms with Gasteiger partial charge in [-0.05, 0) is 24.1 Å². The Labute approximate surface area is 132 Å². The van der Waals surface area contributed by atoms with Crippen molar-refractivity contribution in [1.29, 1.82) is 0 Å². The molecule has 0 radical (unpaired) electrons. The Morgan fingerprint density at radius 2 is 2.19 bits per heavy atom. The Morgan fingerprint density at radius 1 is 1.38 bits per heavy atom. The van der Waals surface area contributed by atoms with Crippen LogP contribution < -0.4 is 11.1 Å². The van der Waals surface area contributed by atoms with E-state index in [1.165, 1.54) is 17.9 Å². The van der Waals surface area contributed by atoms with Crippen LogP contribution in [0.5, 0.6) is 11.5 Å². The maximum Gasteiger partial charge on any atom is 0.237 e. The number of benzene rings is 1. The molecule has 0 bridgehead atoms. The van der Waals surface area contributed by atoms with Crippen LogP contribution >= 0.6 is 23.5 Å². The molecule has 1 aromatic rings. The molecule has 5 N–H and O–H groups in total. The van der Waals surface area contributed by atoms with Crippen molar-refractivity contribution in [3.63, 3.8) is 0 Å². The van der Waals surface area contributed by atoms with Gasteiger partial charge in [0.2, 0.25) is 5.91 Å². The standard InChI is InChI=1S/C14H20N2O3S2/c15-11(5-9-1-2-12(17)13(18)6-9)14(19)16-7-10-8-20-3-4-21-10/h1-2,6,10-11,17-18H,3-5,7-8,15H2,(H,16,19)/t10?,11-/m0/s1. The molecule has 1 aliphatic rings. The second-order valence-electron chi connectivity index (χ2n) is 4.95. The first-order valence-corrected chi connectivity index (χ1v) is 9.00. The van der Waals surface area contributed by atoms with E-state index < -0.39 is 6.04 Å². The Kier molecular flexibility index (Phi) is 6.08. The Morgan fingerprint density at radius 3 is 2.86 bits per heavy atom. The Hall–Kier alpha value is -1.05. The summed E-state index contributed by atoms with van der Waals surface area (Å²) in [4.78, 5) is 12.0. The summed E-state index contributed by atoms with van der Waals surface area (Å²) in [5, 5.41) is 22.0. The third-order valence-corrected chi connectivity index (χ3v) is 6.07. The van der Waals surface area contributed by atoms with Gasteiger partial charge in [-0.3, -0.25) is 4.79 Å². The van der Waals surface area contributed by atoms with E-state index in [0.717, 1.165) is 17.1 Å². The molecule has 5 nitrogen and oxygen atoms in total. The number of nitrogens with two attached hydrogens (primary N) is 1. The zero-order chi connectivity index (χ0) is 15.2. The largest absolute Gasteiger partial charge is 0.504 e. The summed E-state index contributed by atoms with van der Waals surface area (Å²) in [6.45, 7) is 0.644. The molecule has 0 saturated carbocycles. The molecule has 7 heteroatoms. The summed E-state index contributed by atoms with van der Waals surface area (Å²) in [6, 6.07) is 3.81. The van der Waals surface area contributed by atoms with Gasteiger partial charge in [-0.15, -0.1) is 0 Å². The van der Waals surface area contributed by atoms with E-state index in [2.05, 4.69) is 5.32 Å². The maximum atomic E-state index is 12.0. The highest BCUT2D eigenvalue weighted by molar-refractivity contribution is 8.06. The lowest BCUT2D eigenvalue weighted by Crippen LogP contribution is -2.44. The number of phenols is 2. The molecule has 1 heterocycles. The van der Waals surface area contributed by atoms with Crippen molar-refractivity contribution in [2.24, 2.45) is 5.73 Å². The Balaban J connectivity index is 1.79. The second kappa shape index (κ2) is 7.82. The van der Waals surface area contributed by atoms with Gasteiger partial charge in [-0.2, -0.15) is 23.5 Å². The fourth-order valence-electron chi connectivity index (χ4n) is 2.04. The SMILES string of the molecule is N[C@@H](Cc1ccc(O)c(O)c1)C(=O)NCC1CSCCS1. The fraction of sp³-hybridized carbons (Fsp3) is 0.500. The number of hydrogen-bond donors (Lipinski definition) is 4. The summed E-state index contributed by atoms with van der Waals surface area (Å²) >= 11 is 3.80. The zero-order valence-corrected chi connectivity index (χ0v) is 13.3. The average molecular weight is 328 g/mol. The number of rotatable bonds is 5. The van der Waals surface area contributed by atoms with Gasteiger partial charge in [0.15, 0.2) is 11.5 Å². The van der Waals surface area contributed by atoms with E-state index in [4.69, 9.17) is 5.73 Å². The molecule has 1 saturated heterocycles. The van der Waals surface area contributed by atoms with Gasteiger partial charge in [-0.1, -0.05) is 6.07 Å². The fourth-order valence-corrected chi connectivity index (χ4v) is 4.65. The minimum absolute atomic E-state index is 0.177. The van der Waals surface area contributed by atoms with Crippen molar-refractivity contribution < 1.29 is 15.0 Å². The number of carbonyl (C=O) groups excluding carboxylic acids is 1. The molecule has 1 aromatic carbocycles. The summed E-state index contributed by atoms with van der Waals surface area (Å²) < 4.78 is 0. The normalized spacial score (nSPS) is 20.0. The third kappa shape index (κ3) is 5.01. The van der Waals surface area contributed by atoms with Crippen molar-refractivity contribution in [3.8, 4) is 11.5 Å². The number of amides is 1. The van der Waals surface area contributed by atoms with Crippen LogP contribution in [-0.2, 0) is 11.2 Å². The molecule has 1 amide bonds. The first-order valence-electron chi connectivity index (χ1n) is 6.79. The summed E-state index contributed by atoms with van der Waals surface area (Å²) in [5.41, 5.74) is 6.60. The first kappa shape index (κ1) is 16.3. The van der Waals surface area contributed by atoms with Crippen molar-refractivity contribution >= 4 is 29.4 Å². The highest BCUT2D eigenvalue weighted by Crippen LogP contribution is 2.25. The van der Waals surface area contributed by atoms with Gasteiger partial charge in [0.05, 0.1) is 6.04 Å². The van der Waals surface area contributed by atoms with Crippen LogP contribution in [0.15, 0.2) is 18.2 Å². The van der Waals surface area contributed by atoms with Crippen LogP contribution in [0.4, 0.5) is 0 Å². The molecule has 0 aliphatic carbocycles. The molecule has 1 unspecified atom stereocenters. The second-order valence-corrected chi connectivity index (χ2v) is 7.50.